The van der Waals surface area contributed by atoms with Gasteiger partial charge in [0.05, 0.1) is 6.20 Å². The lowest BCUT2D eigenvalue weighted by Crippen LogP contribution is -1.76. The molecule has 5 nitrogen and oxygen atoms in total. The fourth-order valence-corrected chi connectivity index (χ4v) is 0.761. The summed E-state index contributed by atoms with van der Waals surface area (Å²) in [7, 11) is 0. The van der Waals surface area contributed by atoms with Crippen LogP contribution in [0.2, 0.25) is 0 Å². The SMILES string of the molecule is [NH]c1nc2cncnc2[nH]1. The van der Waals surface area contributed by atoms with Crippen LogP contribution in [-0.4, -0.2) is 19.9 Å². The molecule has 49 valence electrons. The van der Waals surface area contributed by atoms with E-state index in [2.05, 4.69) is 19.9 Å². The molecule has 0 spiro atoms. The van der Waals surface area contributed by atoms with Gasteiger partial charge in [0.15, 0.2) is 5.65 Å². The Kier molecular flexibility index (Phi) is 0.858. The molecule has 0 aliphatic rings. The van der Waals surface area contributed by atoms with Gasteiger partial charge in [0.25, 0.3) is 0 Å². The Labute approximate surface area is 56.3 Å². The van der Waals surface area contributed by atoms with Gasteiger partial charge < -0.3 is 4.98 Å². The van der Waals surface area contributed by atoms with Crippen LogP contribution in [0.15, 0.2) is 12.5 Å². The van der Waals surface area contributed by atoms with Crippen LogP contribution in [0.5, 0.6) is 0 Å². The van der Waals surface area contributed by atoms with Gasteiger partial charge in [-0.15, -0.1) is 0 Å². The van der Waals surface area contributed by atoms with Gasteiger partial charge in [-0.05, 0) is 0 Å². The minimum absolute atomic E-state index is 0.121. The molecule has 1 radical (unpaired) electrons. The van der Waals surface area contributed by atoms with Gasteiger partial charge in [0.1, 0.15) is 11.8 Å². The van der Waals surface area contributed by atoms with Crippen LogP contribution in [0.25, 0.3) is 11.2 Å². The highest BCUT2D eigenvalue weighted by Crippen LogP contribution is 2.06. The number of nitrogens with one attached hydrogen (secondary N) is 2. The lowest BCUT2D eigenvalue weighted by molar-refractivity contribution is 1.19. The van der Waals surface area contributed by atoms with Crippen LogP contribution < -0.4 is 5.73 Å². The van der Waals surface area contributed by atoms with Crippen molar-refractivity contribution in [3.8, 4) is 0 Å². The first-order valence-corrected chi connectivity index (χ1v) is 2.73. The van der Waals surface area contributed by atoms with E-state index in [1.165, 1.54) is 6.33 Å². The van der Waals surface area contributed by atoms with Gasteiger partial charge in [-0.1, -0.05) is 0 Å². The van der Waals surface area contributed by atoms with Crippen LogP contribution in [0.1, 0.15) is 0 Å². The molecule has 0 atom stereocenters. The first-order valence-electron chi connectivity index (χ1n) is 2.73. The van der Waals surface area contributed by atoms with Crippen molar-refractivity contribution in [2.75, 3.05) is 0 Å². The van der Waals surface area contributed by atoms with Gasteiger partial charge in [0.2, 0.25) is 5.95 Å². The third-order valence-electron chi connectivity index (χ3n) is 1.16. The zero-order valence-corrected chi connectivity index (χ0v) is 5.00. The Balaban J connectivity index is 2.88. The van der Waals surface area contributed by atoms with E-state index < -0.39 is 0 Å². The Morgan fingerprint density at radius 2 is 2.40 bits per heavy atom. The molecule has 0 aliphatic heterocycles. The molecule has 2 aromatic heterocycles. The van der Waals surface area contributed by atoms with Crippen LogP contribution >= 0.6 is 0 Å². The summed E-state index contributed by atoms with van der Waals surface area (Å²) in [6.07, 6.45) is 2.98. The van der Waals surface area contributed by atoms with Crippen LogP contribution in [-0.2, 0) is 0 Å². The maximum atomic E-state index is 7.09. The van der Waals surface area contributed by atoms with Crippen molar-refractivity contribution >= 4 is 17.1 Å². The number of hydrogen-bond acceptors (Lipinski definition) is 3. The molecule has 10 heavy (non-hydrogen) atoms. The number of aromatic amines is 1. The molecule has 0 bridgehead atoms. The van der Waals surface area contributed by atoms with Crippen molar-refractivity contribution in [2.24, 2.45) is 0 Å². The van der Waals surface area contributed by atoms with E-state index >= 15 is 0 Å². The van der Waals surface area contributed by atoms with Crippen molar-refractivity contribution in [3.63, 3.8) is 0 Å². The minimum Gasteiger partial charge on any atom is -0.307 e. The summed E-state index contributed by atoms with van der Waals surface area (Å²) in [5.41, 5.74) is 8.33. The maximum Gasteiger partial charge on any atom is 0.221 e. The number of imidazole rings is 1. The molecule has 2 heterocycles. The van der Waals surface area contributed by atoms with E-state index in [9.17, 15) is 0 Å². The third kappa shape index (κ3) is 0.604. The monoisotopic (exact) mass is 134 g/mol. The minimum atomic E-state index is 0.121. The second-order valence-electron chi connectivity index (χ2n) is 1.84. The van der Waals surface area contributed by atoms with Gasteiger partial charge in [-0.2, -0.15) is 0 Å². The van der Waals surface area contributed by atoms with E-state index in [-0.39, 0.29) is 5.95 Å². The predicted octanol–water partition coefficient (Wildman–Crippen LogP) is 0.267. The fraction of sp³-hybridized carbons (Fsp3) is 0. The predicted molar refractivity (Wildman–Crippen MR) is 34.4 cm³/mol. The van der Waals surface area contributed by atoms with E-state index in [4.69, 9.17) is 5.73 Å². The van der Waals surface area contributed by atoms with Gasteiger partial charge in [0, 0.05) is 0 Å². The molecule has 2 N–H and O–H groups in total. The van der Waals surface area contributed by atoms with Crippen molar-refractivity contribution in [1.29, 1.82) is 0 Å². The van der Waals surface area contributed by atoms with E-state index in [1.807, 2.05) is 0 Å². The molecule has 0 amide bonds. The largest absolute Gasteiger partial charge is 0.307 e. The molecular weight excluding hydrogens is 130 g/mol. The molecule has 0 saturated heterocycles. The Morgan fingerprint density at radius 1 is 1.50 bits per heavy atom. The summed E-state index contributed by atoms with van der Waals surface area (Å²) in [5.74, 6) is 0.121. The van der Waals surface area contributed by atoms with Crippen molar-refractivity contribution < 1.29 is 0 Å². The van der Waals surface area contributed by atoms with Crippen LogP contribution in [0.3, 0.4) is 0 Å². The van der Waals surface area contributed by atoms with Gasteiger partial charge in [-0.3, -0.25) is 5.73 Å². The number of fused-ring (bicyclic) bond motifs is 1. The maximum absolute atomic E-state index is 7.09. The molecule has 2 aromatic rings. The van der Waals surface area contributed by atoms with Gasteiger partial charge >= 0.3 is 0 Å². The highest BCUT2D eigenvalue weighted by Gasteiger charge is 1.97. The summed E-state index contributed by atoms with van der Waals surface area (Å²) in [4.78, 5) is 14.1. The summed E-state index contributed by atoms with van der Waals surface area (Å²) < 4.78 is 0. The topological polar surface area (TPSA) is 78.3 Å². The molecule has 0 aliphatic carbocycles. The molecule has 0 unspecified atom stereocenters. The summed E-state index contributed by atoms with van der Waals surface area (Å²) >= 11 is 0. The normalized spacial score (nSPS) is 10.4. The highest BCUT2D eigenvalue weighted by molar-refractivity contribution is 5.70. The number of aromatic nitrogens is 4. The van der Waals surface area contributed by atoms with E-state index in [0.29, 0.717) is 11.2 Å². The number of hydrogen-bond donors (Lipinski definition) is 1. The quantitative estimate of drug-likeness (QED) is 0.561. The van der Waals surface area contributed by atoms with Crippen molar-refractivity contribution in [2.45, 2.75) is 0 Å². The Bertz CT molecular complexity index is 319. The average Bonchev–Trinajstić information content (AvgIpc) is 2.27. The second-order valence-corrected chi connectivity index (χ2v) is 1.84. The molecule has 0 fully saturated rings. The number of rotatable bonds is 0. The van der Waals surface area contributed by atoms with Crippen molar-refractivity contribution in [1.82, 2.24) is 25.7 Å². The summed E-state index contributed by atoms with van der Waals surface area (Å²) in [6.45, 7) is 0. The molecule has 2 rings (SSSR count). The first-order chi connectivity index (χ1) is 4.86. The number of H-pyrrole nitrogens is 1. The first kappa shape index (κ1) is 5.16. The highest BCUT2D eigenvalue weighted by atomic mass is 15.1. The zero-order valence-electron chi connectivity index (χ0n) is 5.00. The van der Waals surface area contributed by atoms with Crippen molar-refractivity contribution in [3.05, 3.63) is 12.5 Å². The van der Waals surface area contributed by atoms with E-state index in [1.54, 1.807) is 6.20 Å². The van der Waals surface area contributed by atoms with Crippen LogP contribution in [0, 0.1) is 0 Å². The van der Waals surface area contributed by atoms with Crippen LogP contribution in [0.4, 0.5) is 5.95 Å². The molecular formula is C5H4N5. The Morgan fingerprint density at radius 3 is 3.20 bits per heavy atom. The summed E-state index contributed by atoms with van der Waals surface area (Å²) in [5, 5.41) is 0. The lowest BCUT2D eigenvalue weighted by atomic mass is 10.6. The number of nitrogens with zero attached hydrogens (tertiary/aromatic N) is 3. The fourth-order valence-electron chi connectivity index (χ4n) is 0.761. The smallest absolute Gasteiger partial charge is 0.221 e. The van der Waals surface area contributed by atoms with E-state index in [0.717, 1.165) is 0 Å². The zero-order chi connectivity index (χ0) is 6.97. The third-order valence-corrected chi connectivity index (χ3v) is 1.16. The lowest BCUT2D eigenvalue weighted by Gasteiger charge is -1.79. The average molecular weight is 134 g/mol. The molecule has 0 saturated carbocycles. The van der Waals surface area contributed by atoms with Gasteiger partial charge in [-0.25, -0.2) is 15.0 Å². The molecule has 5 heteroatoms. The molecule has 0 aromatic carbocycles. The second kappa shape index (κ2) is 1.66. The Hall–Kier alpha value is -1.65. The standard InChI is InChI=1S/C5H4N5/c6-5-9-3-1-7-2-8-4(3)10-5/h1-2,6H,(H,7,8,9,10). The summed E-state index contributed by atoms with van der Waals surface area (Å²) in [6, 6.07) is 0.